The molecule has 1 aromatic rings. The monoisotopic (exact) mass is 264 g/mol. The van der Waals surface area contributed by atoms with Gasteiger partial charge in [-0.05, 0) is 44.2 Å². The van der Waals surface area contributed by atoms with Crippen LogP contribution in [-0.4, -0.2) is 36.0 Å². The first-order chi connectivity index (χ1) is 8.77. The quantitative estimate of drug-likeness (QED) is 0.888. The second-order valence-corrected chi connectivity index (χ2v) is 6.34. The van der Waals surface area contributed by atoms with Gasteiger partial charge in [-0.1, -0.05) is 6.07 Å². The maximum absolute atomic E-state index is 12.7. The molecule has 3 atom stereocenters. The first-order valence-electron chi connectivity index (χ1n) is 6.83. The highest BCUT2D eigenvalue weighted by Crippen LogP contribution is 2.32. The van der Waals surface area contributed by atoms with E-state index in [0.29, 0.717) is 18.0 Å². The van der Waals surface area contributed by atoms with Gasteiger partial charge in [-0.15, -0.1) is 11.3 Å². The van der Waals surface area contributed by atoms with E-state index in [1.54, 1.807) is 11.3 Å². The van der Waals surface area contributed by atoms with Crippen LogP contribution in [0.2, 0.25) is 0 Å². The first kappa shape index (κ1) is 12.2. The minimum Gasteiger partial charge on any atom is -0.335 e. The zero-order valence-electron chi connectivity index (χ0n) is 10.8. The molecule has 98 valence electrons. The molecule has 0 saturated carbocycles. The van der Waals surface area contributed by atoms with Crippen molar-refractivity contribution >= 4 is 17.2 Å². The van der Waals surface area contributed by atoms with E-state index >= 15 is 0 Å². The van der Waals surface area contributed by atoms with Crippen LogP contribution in [0.1, 0.15) is 37.0 Å². The molecule has 2 bridgehead atoms. The third-order valence-corrected chi connectivity index (χ3v) is 5.30. The molecule has 0 aromatic carbocycles. The lowest BCUT2D eigenvalue weighted by Gasteiger charge is -2.30. The molecule has 0 aliphatic carbocycles. The average molecular weight is 264 g/mol. The lowest BCUT2D eigenvalue weighted by molar-refractivity contribution is -0.135. The third-order valence-electron chi connectivity index (χ3n) is 4.25. The van der Waals surface area contributed by atoms with Crippen LogP contribution in [0.5, 0.6) is 0 Å². The minimum atomic E-state index is 0.0196. The predicted molar refractivity (Wildman–Crippen MR) is 73.9 cm³/mol. The molecular weight excluding hydrogens is 244 g/mol. The second kappa shape index (κ2) is 5.02. The Morgan fingerprint density at radius 1 is 1.44 bits per heavy atom. The number of nitrogens with zero attached hydrogens (tertiary/aromatic N) is 1. The Morgan fingerprint density at radius 2 is 2.28 bits per heavy atom. The van der Waals surface area contributed by atoms with Gasteiger partial charge in [0.2, 0.25) is 5.91 Å². The van der Waals surface area contributed by atoms with Crippen molar-refractivity contribution in [1.29, 1.82) is 0 Å². The van der Waals surface area contributed by atoms with Crippen molar-refractivity contribution in [1.82, 2.24) is 10.2 Å². The number of hydrogen-bond acceptors (Lipinski definition) is 3. The maximum atomic E-state index is 12.7. The number of carbonyl (C=O) groups excluding carboxylic acids is 1. The van der Waals surface area contributed by atoms with Gasteiger partial charge in [0.05, 0.1) is 5.92 Å². The maximum Gasteiger partial charge on any atom is 0.231 e. The smallest absolute Gasteiger partial charge is 0.231 e. The fourth-order valence-electron chi connectivity index (χ4n) is 3.23. The molecule has 1 amide bonds. The summed E-state index contributed by atoms with van der Waals surface area (Å²) in [7, 11) is 0. The van der Waals surface area contributed by atoms with Crippen LogP contribution in [0.4, 0.5) is 0 Å². The van der Waals surface area contributed by atoms with Gasteiger partial charge >= 0.3 is 0 Å². The van der Waals surface area contributed by atoms with E-state index in [1.807, 2.05) is 13.0 Å². The summed E-state index contributed by atoms with van der Waals surface area (Å²) in [6, 6.07) is 5.00. The molecule has 2 fully saturated rings. The van der Waals surface area contributed by atoms with E-state index < -0.39 is 0 Å². The van der Waals surface area contributed by atoms with Crippen molar-refractivity contribution in [2.75, 3.05) is 13.1 Å². The van der Waals surface area contributed by atoms with Crippen LogP contribution in [-0.2, 0) is 4.79 Å². The molecule has 2 aliphatic heterocycles. The van der Waals surface area contributed by atoms with Crippen molar-refractivity contribution in [3.05, 3.63) is 22.4 Å². The molecule has 18 heavy (non-hydrogen) atoms. The number of fused-ring (bicyclic) bond motifs is 2. The molecule has 3 heterocycles. The fraction of sp³-hybridized carbons (Fsp3) is 0.643. The van der Waals surface area contributed by atoms with Gasteiger partial charge in [0, 0.05) is 23.5 Å². The van der Waals surface area contributed by atoms with Gasteiger partial charge in [-0.3, -0.25) is 4.79 Å². The van der Waals surface area contributed by atoms with E-state index in [0.717, 1.165) is 19.5 Å². The number of amides is 1. The van der Waals surface area contributed by atoms with E-state index in [4.69, 9.17) is 0 Å². The summed E-state index contributed by atoms with van der Waals surface area (Å²) in [5, 5.41) is 5.50. The molecule has 0 radical (unpaired) electrons. The summed E-state index contributed by atoms with van der Waals surface area (Å²) < 4.78 is 0. The molecule has 1 N–H and O–H groups in total. The number of carbonyl (C=O) groups is 1. The van der Waals surface area contributed by atoms with Gasteiger partial charge in [0.15, 0.2) is 0 Å². The average Bonchev–Trinajstić information content (AvgIpc) is 2.94. The summed E-state index contributed by atoms with van der Waals surface area (Å²) in [5.74, 6) is 0.347. The van der Waals surface area contributed by atoms with E-state index in [9.17, 15) is 4.79 Å². The lowest BCUT2D eigenvalue weighted by Crippen LogP contribution is -2.44. The first-order valence-corrected chi connectivity index (χ1v) is 7.71. The van der Waals surface area contributed by atoms with Crippen LogP contribution in [0, 0.1) is 0 Å². The van der Waals surface area contributed by atoms with Gasteiger partial charge in [0.25, 0.3) is 0 Å². The summed E-state index contributed by atoms with van der Waals surface area (Å²) in [6.07, 6.45) is 3.47. The summed E-state index contributed by atoms with van der Waals surface area (Å²) in [5.41, 5.74) is 0. The molecular formula is C14H20N2OS. The zero-order chi connectivity index (χ0) is 12.5. The zero-order valence-corrected chi connectivity index (χ0v) is 11.6. The molecule has 3 unspecified atom stereocenters. The standard InChI is InChI=1S/C14H20N2OS/c1-10(13-3-2-8-18-13)14(17)16-11-4-5-12(16)9-15-7-6-11/h2-3,8,10-12,15H,4-7,9H2,1H3. The van der Waals surface area contributed by atoms with Crippen molar-refractivity contribution in [2.24, 2.45) is 0 Å². The molecule has 4 heteroatoms. The Balaban J connectivity index is 1.79. The highest BCUT2D eigenvalue weighted by molar-refractivity contribution is 7.10. The normalized spacial score (nSPS) is 29.1. The van der Waals surface area contributed by atoms with Gasteiger partial charge in [-0.25, -0.2) is 0 Å². The van der Waals surface area contributed by atoms with E-state index in [2.05, 4.69) is 21.7 Å². The SMILES string of the molecule is CC(C(=O)N1C2CCNCC1CC2)c1cccs1. The highest BCUT2D eigenvalue weighted by Gasteiger charge is 2.39. The van der Waals surface area contributed by atoms with Crippen LogP contribution < -0.4 is 5.32 Å². The third kappa shape index (κ3) is 2.08. The van der Waals surface area contributed by atoms with Crippen molar-refractivity contribution in [2.45, 2.75) is 44.2 Å². The minimum absolute atomic E-state index is 0.0196. The highest BCUT2D eigenvalue weighted by atomic mass is 32.1. The topological polar surface area (TPSA) is 32.3 Å². The summed E-state index contributed by atoms with van der Waals surface area (Å²) in [4.78, 5) is 16.1. The lowest BCUT2D eigenvalue weighted by atomic mass is 10.1. The molecule has 0 spiro atoms. The van der Waals surface area contributed by atoms with Gasteiger partial charge < -0.3 is 10.2 Å². The Labute approximate surface area is 112 Å². The summed E-state index contributed by atoms with van der Waals surface area (Å²) in [6.45, 7) is 4.07. The Bertz CT molecular complexity index is 403. The van der Waals surface area contributed by atoms with Gasteiger partial charge in [0.1, 0.15) is 0 Å². The fourth-order valence-corrected chi connectivity index (χ4v) is 4.00. The molecule has 2 aliphatic rings. The van der Waals surface area contributed by atoms with E-state index in [-0.39, 0.29) is 5.92 Å². The van der Waals surface area contributed by atoms with Gasteiger partial charge in [-0.2, -0.15) is 0 Å². The Kier molecular flexibility index (Phi) is 3.39. The molecule has 2 saturated heterocycles. The molecule has 1 aromatic heterocycles. The van der Waals surface area contributed by atoms with Crippen molar-refractivity contribution in [3.63, 3.8) is 0 Å². The predicted octanol–water partition coefficient (Wildman–Crippen LogP) is 2.20. The van der Waals surface area contributed by atoms with Crippen molar-refractivity contribution < 1.29 is 4.79 Å². The Hall–Kier alpha value is -0.870. The number of thiophene rings is 1. The van der Waals surface area contributed by atoms with E-state index in [1.165, 1.54) is 17.7 Å². The molecule has 3 rings (SSSR count). The van der Waals surface area contributed by atoms with Crippen LogP contribution in [0.3, 0.4) is 0 Å². The summed E-state index contributed by atoms with van der Waals surface area (Å²) >= 11 is 1.69. The van der Waals surface area contributed by atoms with Crippen LogP contribution in [0.25, 0.3) is 0 Å². The number of nitrogens with one attached hydrogen (secondary N) is 1. The number of hydrogen-bond donors (Lipinski definition) is 1. The molecule has 3 nitrogen and oxygen atoms in total. The van der Waals surface area contributed by atoms with Crippen LogP contribution >= 0.6 is 11.3 Å². The van der Waals surface area contributed by atoms with Crippen LogP contribution in [0.15, 0.2) is 17.5 Å². The Morgan fingerprint density at radius 3 is 3.06 bits per heavy atom. The largest absolute Gasteiger partial charge is 0.335 e. The number of rotatable bonds is 2. The van der Waals surface area contributed by atoms with Crippen molar-refractivity contribution in [3.8, 4) is 0 Å². The second-order valence-electron chi connectivity index (χ2n) is 5.36.